The maximum atomic E-state index is 11.7. The molecule has 158 valence electrons. The van der Waals surface area contributed by atoms with E-state index >= 15 is 0 Å². The molecule has 30 heavy (non-hydrogen) atoms. The Morgan fingerprint density at radius 2 is 1.90 bits per heavy atom. The van der Waals surface area contributed by atoms with Gasteiger partial charge in [0.25, 0.3) is 0 Å². The number of hydrogen-bond donors (Lipinski definition) is 2. The predicted octanol–water partition coefficient (Wildman–Crippen LogP) is 4.05. The fraction of sp³-hybridized carbons (Fsp3) is 0.348. The van der Waals surface area contributed by atoms with Crippen molar-refractivity contribution in [2.24, 2.45) is 5.92 Å². The van der Waals surface area contributed by atoms with E-state index in [4.69, 9.17) is 14.5 Å². The van der Waals surface area contributed by atoms with Crippen molar-refractivity contribution in [3.8, 4) is 0 Å². The van der Waals surface area contributed by atoms with Gasteiger partial charge in [-0.05, 0) is 36.2 Å². The van der Waals surface area contributed by atoms with Gasteiger partial charge in [-0.3, -0.25) is 4.79 Å². The molecule has 0 radical (unpaired) electrons. The molecule has 3 rings (SSSR count). The lowest BCUT2D eigenvalue weighted by Crippen LogP contribution is -2.19. The molecule has 0 spiro atoms. The summed E-state index contributed by atoms with van der Waals surface area (Å²) in [6.45, 7) is 2.67. The number of hydrogen-bond acceptors (Lipinski definition) is 4. The largest absolute Gasteiger partial charge is 0.481 e. The molecule has 0 aliphatic rings. The van der Waals surface area contributed by atoms with Crippen LogP contribution < -0.4 is 0 Å². The van der Waals surface area contributed by atoms with Crippen LogP contribution in [0, 0.1) is 5.92 Å². The zero-order valence-electron chi connectivity index (χ0n) is 17.0. The molecule has 1 aromatic carbocycles. The topological polar surface area (TPSA) is 106 Å². The Morgan fingerprint density at radius 1 is 1.13 bits per heavy atom. The Hall–Kier alpha value is -3.35. The van der Waals surface area contributed by atoms with Crippen LogP contribution in [0.3, 0.4) is 0 Å². The van der Waals surface area contributed by atoms with Gasteiger partial charge in [-0.25, -0.2) is 9.78 Å². The lowest BCUT2D eigenvalue weighted by molar-refractivity contribution is -0.141. The second-order valence-corrected chi connectivity index (χ2v) is 7.40. The average Bonchev–Trinajstić information content (AvgIpc) is 3.36. The first-order chi connectivity index (χ1) is 14.5. The molecule has 1 unspecified atom stereocenters. The summed E-state index contributed by atoms with van der Waals surface area (Å²) in [4.78, 5) is 27.5. The summed E-state index contributed by atoms with van der Waals surface area (Å²) in [5.74, 6) is -0.886. The number of aliphatic carboxylic acids is 1. The van der Waals surface area contributed by atoms with Gasteiger partial charge in [-0.15, -0.1) is 0 Å². The number of carboxylic acid groups (broad SMARTS) is 2. The van der Waals surface area contributed by atoms with Crippen molar-refractivity contribution in [1.82, 2.24) is 9.55 Å². The zero-order chi connectivity index (χ0) is 21.5. The number of nitrogens with zero attached hydrogens (tertiary/aromatic N) is 2. The van der Waals surface area contributed by atoms with E-state index in [-0.39, 0.29) is 5.56 Å². The quantitative estimate of drug-likeness (QED) is 0.494. The Kier molecular flexibility index (Phi) is 7.06. The molecule has 2 heterocycles. The monoisotopic (exact) mass is 410 g/mol. The third-order valence-corrected chi connectivity index (χ3v) is 5.05. The number of furan rings is 1. The third kappa shape index (κ3) is 5.59. The van der Waals surface area contributed by atoms with Crippen molar-refractivity contribution in [1.29, 1.82) is 0 Å². The molecule has 0 bridgehead atoms. The molecular weight excluding hydrogens is 384 g/mol. The molecule has 7 nitrogen and oxygen atoms in total. The first-order valence-corrected chi connectivity index (χ1v) is 10.1. The van der Waals surface area contributed by atoms with Crippen molar-refractivity contribution in [2.75, 3.05) is 0 Å². The minimum atomic E-state index is -0.952. The van der Waals surface area contributed by atoms with E-state index in [1.165, 1.54) is 0 Å². The molecule has 0 saturated heterocycles. The number of carbonyl (C=O) groups is 2. The number of aromatic carboxylic acids is 1. The number of imidazole rings is 1. The van der Waals surface area contributed by atoms with Gasteiger partial charge in [0.1, 0.15) is 11.6 Å². The number of aromatic nitrogens is 2. The molecule has 7 heteroatoms. The Labute approximate surface area is 175 Å². The van der Waals surface area contributed by atoms with Gasteiger partial charge in [0.05, 0.1) is 23.4 Å². The molecule has 0 aliphatic carbocycles. The Balaban J connectivity index is 1.78. The molecule has 0 saturated carbocycles. The van der Waals surface area contributed by atoms with Crippen LogP contribution in [0.1, 0.15) is 53.0 Å². The van der Waals surface area contributed by atoms with Crippen molar-refractivity contribution >= 4 is 11.9 Å². The maximum absolute atomic E-state index is 11.7. The van der Waals surface area contributed by atoms with Crippen LogP contribution in [-0.2, 0) is 30.6 Å². The highest BCUT2D eigenvalue weighted by molar-refractivity contribution is 5.87. The highest BCUT2D eigenvalue weighted by Gasteiger charge is 2.22. The number of carboxylic acids is 2. The predicted molar refractivity (Wildman–Crippen MR) is 111 cm³/mol. The van der Waals surface area contributed by atoms with Gasteiger partial charge in [-0.2, -0.15) is 0 Å². The van der Waals surface area contributed by atoms with Crippen LogP contribution in [0.2, 0.25) is 0 Å². The lowest BCUT2D eigenvalue weighted by atomic mass is 9.98. The van der Waals surface area contributed by atoms with Crippen LogP contribution in [0.4, 0.5) is 0 Å². The Morgan fingerprint density at radius 3 is 2.50 bits per heavy atom. The fourth-order valence-corrected chi connectivity index (χ4v) is 3.40. The van der Waals surface area contributed by atoms with E-state index in [0.29, 0.717) is 25.1 Å². The summed E-state index contributed by atoms with van der Waals surface area (Å²) < 4.78 is 7.34. The van der Waals surface area contributed by atoms with E-state index in [1.54, 1.807) is 42.7 Å². The summed E-state index contributed by atoms with van der Waals surface area (Å²) in [5, 5.41) is 18.7. The van der Waals surface area contributed by atoms with E-state index in [1.807, 2.05) is 10.8 Å². The normalized spacial score (nSPS) is 12.0. The van der Waals surface area contributed by atoms with Crippen molar-refractivity contribution in [2.45, 2.75) is 45.6 Å². The van der Waals surface area contributed by atoms with Crippen LogP contribution in [0.5, 0.6) is 0 Å². The molecular formula is C23H26N2O5. The SMILES string of the molecule is CCCCc1nc(CC(Cc2ccco2)C(=O)O)cn1Cc1ccc(C(=O)O)cc1. The summed E-state index contributed by atoms with van der Waals surface area (Å²) in [5.41, 5.74) is 1.95. The minimum Gasteiger partial charge on any atom is -0.481 e. The fourth-order valence-electron chi connectivity index (χ4n) is 3.40. The first kappa shape index (κ1) is 21.4. The zero-order valence-corrected chi connectivity index (χ0v) is 17.0. The summed E-state index contributed by atoms with van der Waals surface area (Å²) >= 11 is 0. The highest BCUT2D eigenvalue weighted by Crippen LogP contribution is 2.18. The van der Waals surface area contributed by atoms with E-state index in [9.17, 15) is 14.7 Å². The molecule has 0 aliphatic heterocycles. The van der Waals surface area contributed by atoms with Gasteiger partial charge in [-0.1, -0.05) is 25.5 Å². The second kappa shape index (κ2) is 9.91. The van der Waals surface area contributed by atoms with E-state index < -0.39 is 17.9 Å². The van der Waals surface area contributed by atoms with Crippen molar-refractivity contribution in [3.63, 3.8) is 0 Å². The number of rotatable bonds is 11. The minimum absolute atomic E-state index is 0.249. The van der Waals surface area contributed by atoms with Gasteiger partial charge in [0, 0.05) is 32.0 Å². The molecule has 1 atom stereocenters. The van der Waals surface area contributed by atoms with E-state index in [2.05, 4.69) is 6.92 Å². The average molecular weight is 410 g/mol. The molecule has 0 fully saturated rings. The van der Waals surface area contributed by atoms with Gasteiger partial charge in [0.2, 0.25) is 0 Å². The number of aryl methyl sites for hydroxylation is 1. The molecule has 0 amide bonds. The third-order valence-electron chi connectivity index (χ3n) is 5.05. The van der Waals surface area contributed by atoms with Crippen LogP contribution >= 0.6 is 0 Å². The standard InChI is InChI=1S/C23H26N2O5/c1-2-3-6-21-24-19(12-18(23(28)29)13-20-5-4-11-30-20)15-25(21)14-16-7-9-17(10-8-16)22(26)27/h4-5,7-11,15,18H,2-3,6,12-14H2,1H3,(H,26,27)(H,28,29). The number of unbranched alkanes of at least 4 members (excludes halogenated alkanes) is 1. The number of benzene rings is 1. The summed E-state index contributed by atoms with van der Waals surface area (Å²) in [6, 6.07) is 10.3. The summed E-state index contributed by atoms with van der Waals surface area (Å²) in [7, 11) is 0. The van der Waals surface area contributed by atoms with Crippen LogP contribution in [-0.4, -0.2) is 31.7 Å². The first-order valence-electron chi connectivity index (χ1n) is 10.1. The lowest BCUT2D eigenvalue weighted by Gasteiger charge is -2.09. The van der Waals surface area contributed by atoms with Crippen LogP contribution in [0.25, 0.3) is 0 Å². The molecule has 2 N–H and O–H groups in total. The molecule has 2 aromatic heterocycles. The van der Waals surface area contributed by atoms with Gasteiger partial charge < -0.3 is 19.2 Å². The summed E-state index contributed by atoms with van der Waals surface area (Å²) in [6.07, 6.45) is 6.92. The Bertz CT molecular complexity index is 974. The van der Waals surface area contributed by atoms with Crippen molar-refractivity contribution in [3.05, 3.63) is 77.3 Å². The van der Waals surface area contributed by atoms with Crippen molar-refractivity contribution < 1.29 is 24.2 Å². The van der Waals surface area contributed by atoms with Gasteiger partial charge in [0.15, 0.2) is 0 Å². The van der Waals surface area contributed by atoms with Gasteiger partial charge >= 0.3 is 11.9 Å². The van der Waals surface area contributed by atoms with E-state index in [0.717, 1.165) is 36.3 Å². The second-order valence-electron chi connectivity index (χ2n) is 7.40. The maximum Gasteiger partial charge on any atom is 0.335 e. The van der Waals surface area contributed by atoms with Crippen LogP contribution in [0.15, 0.2) is 53.3 Å². The smallest absolute Gasteiger partial charge is 0.335 e. The molecule has 3 aromatic rings. The highest BCUT2D eigenvalue weighted by atomic mass is 16.4.